The van der Waals surface area contributed by atoms with Gasteiger partial charge >= 0.3 is 0 Å². The van der Waals surface area contributed by atoms with E-state index in [2.05, 4.69) is 11.6 Å². The van der Waals surface area contributed by atoms with Crippen LogP contribution in [0.4, 0.5) is 5.69 Å². The molecule has 4 nitrogen and oxygen atoms in total. The van der Waals surface area contributed by atoms with Crippen molar-refractivity contribution in [3.05, 3.63) is 42.6 Å². The molecule has 19 heavy (non-hydrogen) atoms. The normalized spacial score (nSPS) is 10.9. The summed E-state index contributed by atoms with van der Waals surface area (Å²) in [5, 5.41) is 0.897. The van der Waals surface area contributed by atoms with E-state index in [9.17, 15) is 4.79 Å². The second-order valence-electron chi connectivity index (χ2n) is 4.85. The number of H-pyrrole nitrogens is 1. The minimum absolute atomic E-state index is 0.00548. The Morgan fingerprint density at radius 3 is 2.89 bits per heavy atom. The molecule has 0 fully saturated rings. The number of nitrogens with two attached hydrogens (primary N) is 1. The summed E-state index contributed by atoms with van der Waals surface area (Å²) in [7, 11) is 0. The quantitative estimate of drug-likeness (QED) is 0.653. The van der Waals surface area contributed by atoms with Gasteiger partial charge in [-0.3, -0.25) is 4.79 Å². The minimum Gasteiger partial charge on any atom is -0.399 e. The first-order chi connectivity index (χ1) is 9.04. The fourth-order valence-electron chi connectivity index (χ4n) is 2.14. The van der Waals surface area contributed by atoms with Crippen LogP contribution in [-0.2, 0) is 0 Å². The standard InChI is InChI=1S/C15H19N3O/c1-4-7-18(10(2)3)15(19)13-9-17-14-8-11(16)5-6-12(13)14/h4-6,8-10,17H,1,7,16H2,2-3H3. The smallest absolute Gasteiger partial charge is 0.256 e. The Balaban J connectivity index is 2.43. The number of nitrogens with one attached hydrogen (secondary N) is 1. The Bertz CT molecular complexity index is 613. The van der Waals surface area contributed by atoms with Gasteiger partial charge in [0.05, 0.1) is 5.56 Å². The molecule has 1 amide bonds. The van der Waals surface area contributed by atoms with Crippen molar-refractivity contribution in [2.24, 2.45) is 0 Å². The Morgan fingerprint density at radius 2 is 2.26 bits per heavy atom. The van der Waals surface area contributed by atoms with E-state index >= 15 is 0 Å². The number of benzene rings is 1. The first kappa shape index (κ1) is 13.2. The predicted molar refractivity (Wildman–Crippen MR) is 79.1 cm³/mol. The van der Waals surface area contributed by atoms with E-state index in [0.717, 1.165) is 10.9 Å². The van der Waals surface area contributed by atoms with E-state index in [1.165, 1.54) is 0 Å². The van der Waals surface area contributed by atoms with Crippen LogP contribution in [0.2, 0.25) is 0 Å². The summed E-state index contributed by atoms with van der Waals surface area (Å²) in [4.78, 5) is 17.4. The van der Waals surface area contributed by atoms with Gasteiger partial charge in [0, 0.05) is 35.4 Å². The van der Waals surface area contributed by atoms with Gasteiger partial charge in [0.1, 0.15) is 0 Å². The second-order valence-corrected chi connectivity index (χ2v) is 4.85. The number of carbonyl (C=O) groups is 1. The molecule has 0 aliphatic rings. The Hall–Kier alpha value is -2.23. The van der Waals surface area contributed by atoms with Crippen LogP contribution in [0.25, 0.3) is 10.9 Å². The summed E-state index contributed by atoms with van der Waals surface area (Å²) in [6.45, 7) is 8.23. The molecular weight excluding hydrogens is 238 g/mol. The zero-order valence-electron chi connectivity index (χ0n) is 11.3. The number of nitrogen functional groups attached to an aromatic ring is 1. The maximum absolute atomic E-state index is 12.6. The van der Waals surface area contributed by atoms with Crippen LogP contribution < -0.4 is 5.73 Å². The number of hydrogen-bond donors (Lipinski definition) is 2. The zero-order chi connectivity index (χ0) is 14.0. The number of amides is 1. The van der Waals surface area contributed by atoms with Crippen molar-refractivity contribution < 1.29 is 4.79 Å². The van der Waals surface area contributed by atoms with E-state index in [1.54, 1.807) is 23.2 Å². The summed E-state index contributed by atoms with van der Waals surface area (Å²) >= 11 is 0. The molecular formula is C15H19N3O. The number of fused-ring (bicyclic) bond motifs is 1. The molecule has 1 aromatic heterocycles. The highest BCUT2D eigenvalue weighted by atomic mass is 16.2. The van der Waals surface area contributed by atoms with Crippen molar-refractivity contribution in [3.8, 4) is 0 Å². The van der Waals surface area contributed by atoms with Crippen LogP contribution in [0.15, 0.2) is 37.1 Å². The van der Waals surface area contributed by atoms with Crippen LogP contribution in [-0.4, -0.2) is 28.4 Å². The van der Waals surface area contributed by atoms with Gasteiger partial charge in [-0.1, -0.05) is 6.08 Å². The van der Waals surface area contributed by atoms with Gasteiger partial charge in [-0.25, -0.2) is 0 Å². The molecule has 100 valence electrons. The SMILES string of the molecule is C=CCN(C(=O)c1c[nH]c2cc(N)ccc12)C(C)C. The van der Waals surface area contributed by atoms with E-state index < -0.39 is 0 Å². The second kappa shape index (κ2) is 5.18. The molecule has 2 rings (SSSR count). The summed E-state index contributed by atoms with van der Waals surface area (Å²) < 4.78 is 0. The summed E-state index contributed by atoms with van der Waals surface area (Å²) in [6, 6.07) is 5.64. The number of aromatic amines is 1. The zero-order valence-corrected chi connectivity index (χ0v) is 11.3. The highest BCUT2D eigenvalue weighted by Gasteiger charge is 2.20. The molecule has 1 heterocycles. The number of carbonyl (C=O) groups excluding carboxylic acids is 1. The molecule has 0 radical (unpaired) electrons. The molecule has 0 unspecified atom stereocenters. The number of aromatic nitrogens is 1. The molecule has 2 aromatic rings. The van der Waals surface area contributed by atoms with Crippen molar-refractivity contribution in [2.75, 3.05) is 12.3 Å². The third-order valence-electron chi connectivity index (χ3n) is 3.15. The van der Waals surface area contributed by atoms with Crippen LogP contribution in [0.5, 0.6) is 0 Å². The topological polar surface area (TPSA) is 62.1 Å². The molecule has 0 aliphatic heterocycles. The van der Waals surface area contributed by atoms with Crippen LogP contribution in [0, 0.1) is 0 Å². The predicted octanol–water partition coefficient (Wildman–Crippen LogP) is 2.79. The van der Waals surface area contributed by atoms with Gasteiger partial charge in [0.25, 0.3) is 5.91 Å². The first-order valence-electron chi connectivity index (χ1n) is 6.33. The van der Waals surface area contributed by atoms with Crippen LogP contribution in [0.1, 0.15) is 24.2 Å². The molecule has 4 heteroatoms. The van der Waals surface area contributed by atoms with Crippen LogP contribution >= 0.6 is 0 Å². The Labute approximate surface area is 112 Å². The molecule has 0 atom stereocenters. The van der Waals surface area contributed by atoms with E-state index in [1.807, 2.05) is 26.0 Å². The number of anilines is 1. The molecule has 0 spiro atoms. The third kappa shape index (κ3) is 2.47. The lowest BCUT2D eigenvalue weighted by molar-refractivity contribution is 0.0731. The van der Waals surface area contributed by atoms with Gasteiger partial charge in [-0.2, -0.15) is 0 Å². The molecule has 0 saturated heterocycles. The average molecular weight is 257 g/mol. The maximum Gasteiger partial charge on any atom is 0.256 e. The minimum atomic E-state index is 0.00548. The van der Waals surface area contributed by atoms with E-state index in [0.29, 0.717) is 17.8 Å². The molecule has 0 bridgehead atoms. The largest absolute Gasteiger partial charge is 0.399 e. The van der Waals surface area contributed by atoms with Gasteiger partial charge in [-0.05, 0) is 32.0 Å². The number of nitrogens with zero attached hydrogens (tertiary/aromatic N) is 1. The molecule has 0 saturated carbocycles. The first-order valence-corrected chi connectivity index (χ1v) is 6.33. The van der Waals surface area contributed by atoms with Crippen molar-refractivity contribution in [1.29, 1.82) is 0 Å². The summed E-state index contributed by atoms with van der Waals surface area (Å²) in [6.07, 6.45) is 3.48. The Morgan fingerprint density at radius 1 is 1.53 bits per heavy atom. The van der Waals surface area contributed by atoms with Gasteiger partial charge in [-0.15, -0.1) is 6.58 Å². The fraction of sp³-hybridized carbons (Fsp3) is 0.267. The van der Waals surface area contributed by atoms with Gasteiger partial charge < -0.3 is 15.6 Å². The van der Waals surface area contributed by atoms with Crippen LogP contribution in [0.3, 0.4) is 0 Å². The van der Waals surface area contributed by atoms with Crippen molar-refractivity contribution >= 4 is 22.5 Å². The fourth-order valence-corrected chi connectivity index (χ4v) is 2.14. The van der Waals surface area contributed by atoms with E-state index in [4.69, 9.17) is 5.73 Å². The average Bonchev–Trinajstić information content (AvgIpc) is 2.77. The highest BCUT2D eigenvalue weighted by molar-refractivity contribution is 6.07. The van der Waals surface area contributed by atoms with Gasteiger partial charge in [0.15, 0.2) is 0 Å². The number of hydrogen-bond acceptors (Lipinski definition) is 2. The molecule has 0 aliphatic carbocycles. The number of rotatable bonds is 4. The molecule has 3 N–H and O–H groups in total. The summed E-state index contributed by atoms with van der Waals surface area (Å²) in [5.41, 5.74) is 7.97. The van der Waals surface area contributed by atoms with Gasteiger partial charge in [0.2, 0.25) is 0 Å². The third-order valence-corrected chi connectivity index (χ3v) is 3.15. The highest BCUT2D eigenvalue weighted by Crippen LogP contribution is 2.22. The summed E-state index contributed by atoms with van der Waals surface area (Å²) in [5.74, 6) is 0.00548. The van der Waals surface area contributed by atoms with Crippen molar-refractivity contribution in [1.82, 2.24) is 9.88 Å². The van der Waals surface area contributed by atoms with E-state index in [-0.39, 0.29) is 11.9 Å². The Kier molecular flexibility index (Phi) is 3.60. The lowest BCUT2D eigenvalue weighted by Gasteiger charge is -2.25. The van der Waals surface area contributed by atoms with Crippen molar-refractivity contribution in [2.45, 2.75) is 19.9 Å². The lowest BCUT2D eigenvalue weighted by atomic mass is 10.1. The van der Waals surface area contributed by atoms with Crippen molar-refractivity contribution in [3.63, 3.8) is 0 Å². The monoisotopic (exact) mass is 257 g/mol. The molecule has 1 aromatic carbocycles. The maximum atomic E-state index is 12.6. The lowest BCUT2D eigenvalue weighted by Crippen LogP contribution is -2.36.